The molecule has 2 rings (SSSR count). The molecule has 1 heterocycles. The van der Waals surface area contributed by atoms with Crippen molar-refractivity contribution in [1.29, 1.82) is 0 Å². The Bertz CT molecular complexity index is 579. The fraction of sp³-hybridized carbons (Fsp3) is 0.286. The third-order valence-electron chi connectivity index (χ3n) is 2.95. The number of hydrogen-bond acceptors (Lipinski definition) is 2. The first kappa shape index (κ1) is 12.5. The smallest absolute Gasteiger partial charge is 0.153 e. The first-order valence-corrected chi connectivity index (χ1v) is 5.86. The van der Waals surface area contributed by atoms with Crippen LogP contribution in [0.3, 0.4) is 0 Å². The first-order chi connectivity index (χ1) is 8.56. The molecule has 0 N–H and O–H groups in total. The minimum atomic E-state index is -0.207. The van der Waals surface area contributed by atoms with E-state index in [4.69, 9.17) is 0 Å². The molecule has 0 fully saturated rings. The Morgan fingerprint density at radius 1 is 1.33 bits per heavy atom. The van der Waals surface area contributed by atoms with Crippen LogP contribution in [0.2, 0.25) is 0 Å². The molecule has 0 amide bonds. The number of aldehydes is 1. The molecule has 0 atom stereocenters. The Hall–Kier alpha value is -1.97. The standard InChI is InChI=1S/C14H15FN2O/c1-4-17-7-12(8-18)14(16-17)11-5-9(2)13(15)10(3)6-11/h5-8H,4H2,1-3H3. The largest absolute Gasteiger partial charge is 0.298 e. The summed E-state index contributed by atoms with van der Waals surface area (Å²) in [6.45, 7) is 6.07. The lowest BCUT2D eigenvalue weighted by Crippen LogP contribution is -1.95. The second-order valence-electron chi connectivity index (χ2n) is 4.33. The zero-order valence-corrected chi connectivity index (χ0v) is 10.7. The Kier molecular flexibility index (Phi) is 3.28. The molecule has 0 aliphatic carbocycles. The van der Waals surface area contributed by atoms with Gasteiger partial charge in [-0.2, -0.15) is 5.10 Å². The van der Waals surface area contributed by atoms with Crippen LogP contribution < -0.4 is 0 Å². The summed E-state index contributed by atoms with van der Waals surface area (Å²) in [5.41, 5.74) is 3.04. The molecule has 0 unspecified atom stereocenters. The van der Waals surface area contributed by atoms with E-state index in [0.717, 1.165) is 11.8 Å². The molecule has 0 saturated carbocycles. The molecule has 3 nitrogen and oxygen atoms in total. The number of aromatic nitrogens is 2. The van der Waals surface area contributed by atoms with Crippen LogP contribution in [0.25, 0.3) is 11.3 Å². The van der Waals surface area contributed by atoms with Gasteiger partial charge in [0.05, 0.1) is 5.56 Å². The zero-order valence-electron chi connectivity index (χ0n) is 10.7. The normalized spacial score (nSPS) is 10.7. The molecule has 4 heteroatoms. The molecule has 0 spiro atoms. The minimum Gasteiger partial charge on any atom is -0.298 e. The van der Waals surface area contributed by atoms with Crippen LogP contribution in [0.4, 0.5) is 4.39 Å². The van der Waals surface area contributed by atoms with E-state index in [1.165, 1.54) is 0 Å². The van der Waals surface area contributed by atoms with Crippen molar-refractivity contribution >= 4 is 6.29 Å². The number of carbonyl (C=O) groups is 1. The minimum absolute atomic E-state index is 0.207. The van der Waals surface area contributed by atoms with Gasteiger partial charge in [0.25, 0.3) is 0 Å². The second kappa shape index (κ2) is 4.72. The van der Waals surface area contributed by atoms with Crippen molar-refractivity contribution in [2.45, 2.75) is 27.3 Å². The van der Waals surface area contributed by atoms with Crippen molar-refractivity contribution in [2.24, 2.45) is 0 Å². The first-order valence-electron chi connectivity index (χ1n) is 5.86. The van der Waals surface area contributed by atoms with E-state index in [1.807, 2.05) is 6.92 Å². The van der Waals surface area contributed by atoms with Gasteiger partial charge in [0.1, 0.15) is 11.5 Å². The highest BCUT2D eigenvalue weighted by Crippen LogP contribution is 2.25. The van der Waals surface area contributed by atoms with E-state index in [9.17, 15) is 9.18 Å². The van der Waals surface area contributed by atoms with Crippen molar-refractivity contribution < 1.29 is 9.18 Å². The van der Waals surface area contributed by atoms with E-state index >= 15 is 0 Å². The number of aryl methyl sites for hydroxylation is 3. The molecular weight excluding hydrogens is 231 g/mol. The number of hydrogen-bond donors (Lipinski definition) is 0. The summed E-state index contributed by atoms with van der Waals surface area (Å²) in [6, 6.07) is 3.44. The highest BCUT2D eigenvalue weighted by molar-refractivity contribution is 5.85. The lowest BCUT2D eigenvalue weighted by molar-refractivity contribution is 0.112. The number of carbonyl (C=O) groups excluding carboxylic acids is 1. The Morgan fingerprint density at radius 3 is 2.44 bits per heavy atom. The molecule has 0 aliphatic heterocycles. The third-order valence-corrected chi connectivity index (χ3v) is 2.95. The zero-order chi connectivity index (χ0) is 13.3. The number of halogens is 1. The van der Waals surface area contributed by atoms with E-state index in [-0.39, 0.29) is 5.82 Å². The van der Waals surface area contributed by atoms with Crippen LogP contribution in [-0.4, -0.2) is 16.1 Å². The quantitative estimate of drug-likeness (QED) is 0.780. The monoisotopic (exact) mass is 246 g/mol. The summed E-state index contributed by atoms with van der Waals surface area (Å²) in [5, 5.41) is 4.34. The summed E-state index contributed by atoms with van der Waals surface area (Å²) in [7, 11) is 0. The van der Waals surface area contributed by atoms with E-state index < -0.39 is 0 Å². The van der Waals surface area contributed by atoms with Crippen LogP contribution in [0.15, 0.2) is 18.3 Å². The van der Waals surface area contributed by atoms with Gasteiger partial charge in [0.2, 0.25) is 0 Å². The maximum Gasteiger partial charge on any atom is 0.153 e. The number of nitrogens with zero attached hydrogens (tertiary/aromatic N) is 2. The molecule has 0 aliphatic rings. The summed E-state index contributed by atoms with van der Waals surface area (Å²) in [6.07, 6.45) is 2.48. The maximum atomic E-state index is 13.6. The summed E-state index contributed by atoms with van der Waals surface area (Å²) >= 11 is 0. The van der Waals surface area contributed by atoms with Gasteiger partial charge in [-0.05, 0) is 44.0 Å². The average Bonchev–Trinajstić information content (AvgIpc) is 2.78. The molecule has 1 aromatic heterocycles. The van der Waals surface area contributed by atoms with Gasteiger partial charge in [-0.15, -0.1) is 0 Å². The molecule has 0 radical (unpaired) electrons. The molecule has 0 saturated heterocycles. The highest BCUT2D eigenvalue weighted by atomic mass is 19.1. The molecule has 18 heavy (non-hydrogen) atoms. The second-order valence-corrected chi connectivity index (χ2v) is 4.33. The van der Waals surface area contributed by atoms with Gasteiger partial charge in [-0.25, -0.2) is 4.39 Å². The summed E-state index contributed by atoms with van der Waals surface area (Å²) in [4.78, 5) is 11.0. The topological polar surface area (TPSA) is 34.9 Å². The van der Waals surface area contributed by atoms with Crippen LogP contribution in [0.1, 0.15) is 28.4 Å². The van der Waals surface area contributed by atoms with E-state index in [0.29, 0.717) is 28.9 Å². The van der Waals surface area contributed by atoms with Gasteiger partial charge < -0.3 is 0 Å². The van der Waals surface area contributed by atoms with Crippen molar-refractivity contribution in [3.05, 3.63) is 40.8 Å². The molecule has 0 bridgehead atoms. The van der Waals surface area contributed by atoms with Gasteiger partial charge >= 0.3 is 0 Å². The highest BCUT2D eigenvalue weighted by Gasteiger charge is 2.13. The summed E-state index contributed by atoms with van der Waals surface area (Å²) in [5.74, 6) is -0.207. The number of rotatable bonds is 3. The molecular formula is C14H15FN2O. The third kappa shape index (κ3) is 2.06. The average molecular weight is 246 g/mol. The SMILES string of the molecule is CCn1cc(C=O)c(-c2cc(C)c(F)c(C)c2)n1. The fourth-order valence-corrected chi connectivity index (χ4v) is 1.99. The van der Waals surface area contributed by atoms with Gasteiger partial charge in [0.15, 0.2) is 6.29 Å². The predicted molar refractivity (Wildman–Crippen MR) is 68.2 cm³/mol. The Labute approximate surface area is 105 Å². The molecule has 1 aromatic carbocycles. The van der Waals surface area contributed by atoms with E-state index in [1.54, 1.807) is 36.9 Å². The van der Waals surface area contributed by atoms with Crippen LogP contribution >= 0.6 is 0 Å². The Morgan fingerprint density at radius 2 is 1.94 bits per heavy atom. The predicted octanol–water partition coefficient (Wildman–Crippen LogP) is 3.14. The lowest BCUT2D eigenvalue weighted by atomic mass is 10.0. The number of benzene rings is 1. The lowest BCUT2D eigenvalue weighted by Gasteiger charge is -2.05. The molecule has 94 valence electrons. The molecule has 2 aromatic rings. The van der Waals surface area contributed by atoms with Gasteiger partial charge in [-0.3, -0.25) is 9.48 Å². The van der Waals surface area contributed by atoms with Gasteiger partial charge in [-0.1, -0.05) is 0 Å². The van der Waals surface area contributed by atoms with Crippen LogP contribution in [-0.2, 0) is 6.54 Å². The van der Waals surface area contributed by atoms with Crippen LogP contribution in [0, 0.1) is 19.7 Å². The summed E-state index contributed by atoms with van der Waals surface area (Å²) < 4.78 is 15.3. The van der Waals surface area contributed by atoms with E-state index in [2.05, 4.69) is 5.10 Å². The van der Waals surface area contributed by atoms with Gasteiger partial charge in [0, 0.05) is 18.3 Å². The van der Waals surface area contributed by atoms with Crippen molar-refractivity contribution in [3.8, 4) is 11.3 Å². The van der Waals surface area contributed by atoms with Crippen LogP contribution in [0.5, 0.6) is 0 Å². The maximum absolute atomic E-state index is 13.6. The Balaban J connectivity index is 2.61. The van der Waals surface area contributed by atoms with Crippen molar-refractivity contribution in [2.75, 3.05) is 0 Å². The van der Waals surface area contributed by atoms with Crippen molar-refractivity contribution in [3.63, 3.8) is 0 Å². The fourth-order valence-electron chi connectivity index (χ4n) is 1.99. The van der Waals surface area contributed by atoms with Crippen molar-refractivity contribution in [1.82, 2.24) is 9.78 Å².